The molecule has 0 aliphatic heterocycles. The quantitative estimate of drug-likeness (QED) is 0.341. The molecule has 1 aliphatic carbocycles. The van der Waals surface area contributed by atoms with Crippen LogP contribution in [0.5, 0.6) is 0 Å². The number of thioether (sulfide) groups is 1. The average molecular weight is 454 g/mol. The van der Waals surface area contributed by atoms with Crippen LogP contribution in [0.1, 0.15) is 44.5 Å². The molecule has 5 rings (SSSR count). The van der Waals surface area contributed by atoms with E-state index in [0.29, 0.717) is 22.5 Å². The maximum absolute atomic E-state index is 12.7. The minimum absolute atomic E-state index is 0.0892. The minimum atomic E-state index is -0.462. The van der Waals surface area contributed by atoms with Crippen molar-refractivity contribution in [2.24, 2.45) is 0 Å². The molecule has 31 heavy (non-hydrogen) atoms. The first-order chi connectivity index (χ1) is 15.1. The summed E-state index contributed by atoms with van der Waals surface area (Å²) in [5, 5.41) is 4.67. The first kappa shape index (κ1) is 20.0. The van der Waals surface area contributed by atoms with E-state index in [-0.39, 0.29) is 12.2 Å². The second-order valence-electron chi connectivity index (χ2n) is 7.34. The van der Waals surface area contributed by atoms with Crippen LogP contribution in [0.2, 0.25) is 0 Å². The van der Waals surface area contributed by atoms with Gasteiger partial charge in [-0.3, -0.25) is 4.79 Å². The lowest BCUT2D eigenvalue weighted by molar-refractivity contribution is 0.0458. The summed E-state index contributed by atoms with van der Waals surface area (Å²) < 4.78 is 10.6. The first-order valence-corrected chi connectivity index (χ1v) is 11.7. The molecule has 9 heteroatoms. The van der Waals surface area contributed by atoms with E-state index in [1.807, 2.05) is 25.1 Å². The summed E-state index contributed by atoms with van der Waals surface area (Å²) in [6.45, 7) is 1.75. The number of hydrogen-bond donors (Lipinski definition) is 1. The lowest BCUT2D eigenvalue weighted by atomic mass is 10.2. The monoisotopic (exact) mass is 453 g/mol. The maximum atomic E-state index is 12.7. The van der Waals surface area contributed by atoms with Gasteiger partial charge in [-0.25, -0.2) is 9.78 Å². The van der Waals surface area contributed by atoms with Crippen molar-refractivity contribution in [3.05, 3.63) is 74.0 Å². The Labute approximate surface area is 185 Å². The van der Waals surface area contributed by atoms with E-state index in [0.717, 1.165) is 46.0 Å². The van der Waals surface area contributed by atoms with Crippen molar-refractivity contribution < 1.29 is 14.1 Å². The topological polar surface area (TPSA) is 98.1 Å². The molecule has 0 spiro atoms. The molecule has 0 saturated carbocycles. The lowest BCUT2D eigenvalue weighted by Gasteiger charge is -2.09. The highest BCUT2D eigenvalue weighted by atomic mass is 32.2. The van der Waals surface area contributed by atoms with E-state index in [2.05, 4.69) is 15.1 Å². The zero-order valence-electron chi connectivity index (χ0n) is 16.8. The van der Waals surface area contributed by atoms with Gasteiger partial charge >= 0.3 is 5.97 Å². The predicted molar refractivity (Wildman–Crippen MR) is 119 cm³/mol. The van der Waals surface area contributed by atoms with Crippen molar-refractivity contribution in [2.45, 2.75) is 43.4 Å². The number of benzene rings is 1. The fourth-order valence-electron chi connectivity index (χ4n) is 3.73. The van der Waals surface area contributed by atoms with Gasteiger partial charge in [-0.1, -0.05) is 17.3 Å². The number of fused-ring (bicyclic) bond motifs is 3. The lowest BCUT2D eigenvalue weighted by Crippen LogP contribution is -2.14. The third-order valence-electron chi connectivity index (χ3n) is 5.12. The van der Waals surface area contributed by atoms with Crippen LogP contribution in [0.15, 0.2) is 44.5 Å². The van der Waals surface area contributed by atoms with Crippen LogP contribution < -0.4 is 5.56 Å². The van der Waals surface area contributed by atoms with Gasteiger partial charge in [0.25, 0.3) is 5.56 Å². The van der Waals surface area contributed by atoms with Crippen molar-refractivity contribution in [2.75, 3.05) is 0 Å². The Morgan fingerprint density at radius 3 is 3.03 bits per heavy atom. The zero-order valence-corrected chi connectivity index (χ0v) is 18.4. The van der Waals surface area contributed by atoms with Crippen molar-refractivity contribution in [3.63, 3.8) is 0 Å². The standard InChI is InChI=1S/C22H19N3O4S2/c1-12-9-13(25-29-12)11-30-16-7-3-2-5-15(16)22(27)28-10-18-23-20(26)19-14-6-4-8-17(14)31-21(19)24-18/h2-3,5,7,9H,4,6,8,10-11H2,1H3,(H,23,24,26). The number of H-pyrrole nitrogens is 1. The SMILES string of the molecule is Cc1cc(CSc2ccccc2C(=O)OCc2nc3sc4c(c3c(=O)[nH]2)CCC4)no1. The average Bonchev–Trinajstić information content (AvgIpc) is 3.46. The molecule has 4 aromatic rings. The number of rotatable bonds is 6. The maximum Gasteiger partial charge on any atom is 0.339 e. The molecular formula is C22H19N3O4S2. The summed E-state index contributed by atoms with van der Waals surface area (Å²) in [5.41, 5.74) is 2.25. The van der Waals surface area contributed by atoms with E-state index >= 15 is 0 Å². The molecule has 1 N–H and O–H groups in total. The Hall–Kier alpha value is -2.91. The molecule has 158 valence electrons. The number of aromatic nitrogens is 3. The van der Waals surface area contributed by atoms with Gasteiger partial charge in [0.15, 0.2) is 0 Å². The van der Waals surface area contributed by atoms with Gasteiger partial charge in [-0.05, 0) is 43.9 Å². The highest BCUT2D eigenvalue weighted by Gasteiger charge is 2.21. The van der Waals surface area contributed by atoms with Gasteiger partial charge < -0.3 is 14.2 Å². The highest BCUT2D eigenvalue weighted by molar-refractivity contribution is 7.98. The third-order valence-corrected chi connectivity index (χ3v) is 7.42. The summed E-state index contributed by atoms with van der Waals surface area (Å²) in [6.07, 6.45) is 3.02. The molecule has 0 fully saturated rings. The van der Waals surface area contributed by atoms with Gasteiger partial charge in [-0.2, -0.15) is 0 Å². The number of nitrogens with zero attached hydrogens (tertiary/aromatic N) is 2. The molecule has 0 saturated heterocycles. The summed E-state index contributed by atoms with van der Waals surface area (Å²) in [5.74, 6) is 1.22. The fourth-order valence-corrected chi connectivity index (χ4v) is 5.93. The molecule has 0 atom stereocenters. The van der Waals surface area contributed by atoms with Crippen LogP contribution in [0.25, 0.3) is 10.2 Å². The third kappa shape index (κ3) is 4.03. The van der Waals surface area contributed by atoms with Crippen molar-refractivity contribution in [3.8, 4) is 0 Å². The van der Waals surface area contributed by atoms with Crippen molar-refractivity contribution in [1.29, 1.82) is 0 Å². The van der Waals surface area contributed by atoms with Gasteiger partial charge in [0.05, 0.1) is 16.6 Å². The van der Waals surface area contributed by atoms with Crippen LogP contribution >= 0.6 is 23.1 Å². The van der Waals surface area contributed by atoms with Gasteiger partial charge in [0.2, 0.25) is 0 Å². The number of carbonyl (C=O) groups excluding carboxylic acids is 1. The number of aryl methyl sites for hydroxylation is 3. The highest BCUT2D eigenvalue weighted by Crippen LogP contribution is 2.34. The number of carbonyl (C=O) groups is 1. The summed E-state index contributed by atoms with van der Waals surface area (Å²) in [4.78, 5) is 35.4. The Morgan fingerprint density at radius 2 is 2.19 bits per heavy atom. The molecule has 0 bridgehead atoms. The van der Waals surface area contributed by atoms with Crippen molar-refractivity contribution in [1.82, 2.24) is 15.1 Å². The Balaban J connectivity index is 1.30. The molecule has 7 nitrogen and oxygen atoms in total. The molecule has 0 unspecified atom stereocenters. The summed E-state index contributed by atoms with van der Waals surface area (Å²) >= 11 is 3.05. The fraction of sp³-hybridized carbons (Fsp3) is 0.273. The summed E-state index contributed by atoms with van der Waals surface area (Å²) in [7, 11) is 0. The number of ether oxygens (including phenoxy) is 1. The van der Waals surface area contributed by atoms with Crippen LogP contribution in [0.3, 0.4) is 0 Å². The second kappa shape index (κ2) is 8.32. The zero-order chi connectivity index (χ0) is 21.4. The number of aromatic amines is 1. The molecule has 3 heterocycles. The van der Waals surface area contributed by atoms with Crippen LogP contribution in [-0.4, -0.2) is 21.1 Å². The Morgan fingerprint density at radius 1 is 1.32 bits per heavy atom. The Bertz CT molecular complexity index is 1340. The molecule has 1 aromatic carbocycles. The molecule has 0 amide bonds. The number of nitrogens with one attached hydrogen (secondary N) is 1. The molecule has 1 aliphatic rings. The van der Waals surface area contributed by atoms with E-state index in [1.165, 1.54) is 16.6 Å². The van der Waals surface area contributed by atoms with Crippen LogP contribution in [0, 0.1) is 6.92 Å². The Kier molecular flexibility index (Phi) is 5.37. The summed E-state index contributed by atoms with van der Waals surface area (Å²) in [6, 6.07) is 9.12. The number of thiophene rings is 1. The predicted octanol–water partition coefficient (Wildman–Crippen LogP) is 4.42. The molecule has 0 radical (unpaired) electrons. The van der Waals surface area contributed by atoms with E-state index < -0.39 is 5.97 Å². The normalized spacial score (nSPS) is 12.9. The van der Waals surface area contributed by atoms with Crippen molar-refractivity contribution >= 4 is 39.3 Å². The molecule has 3 aromatic heterocycles. The smallest absolute Gasteiger partial charge is 0.339 e. The number of hydrogen-bond acceptors (Lipinski definition) is 8. The number of esters is 1. The van der Waals surface area contributed by atoms with Gasteiger partial charge in [0.1, 0.15) is 23.0 Å². The molecular weight excluding hydrogens is 434 g/mol. The second-order valence-corrected chi connectivity index (χ2v) is 9.44. The van der Waals surface area contributed by atoms with E-state index in [1.54, 1.807) is 23.5 Å². The first-order valence-electron chi connectivity index (χ1n) is 9.93. The van der Waals surface area contributed by atoms with E-state index in [9.17, 15) is 9.59 Å². The minimum Gasteiger partial charge on any atom is -0.454 e. The van der Waals surface area contributed by atoms with Crippen LogP contribution in [-0.2, 0) is 29.9 Å². The largest absolute Gasteiger partial charge is 0.454 e. The van der Waals surface area contributed by atoms with E-state index in [4.69, 9.17) is 9.26 Å². The van der Waals surface area contributed by atoms with Gasteiger partial charge in [-0.15, -0.1) is 23.1 Å². The van der Waals surface area contributed by atoms with Crippen LogP contribution in [0.4, 0.5) is 0 Å². The van der Waals surface area contributed by atoms with Gasteiger partial charge in [0, 0.05) is 21.6 Å².